The SMILES string of the molecule is O=C1/C(=C\c2cccs2)C(c2ccccc2)N1c1ccccc1. The Morgan fingerprint density at radius 1 is 0.870 bits per heavy atom. The number of benzene rings is 2. The number of nitrogens with zero attached hydrogens (tertiary/aromatic N) is 1. The molecular formula is C20H15NOS. The topological polar surface area (TPSA) is 20.3 Å². The highest BCUT2D eigenvalue weighted by molar-refractivity contribution is 7.10. The first-order chi connectivity index (χ1) is 11.3. The van der Waals surface area contributed by atoms with Crippen LogP contribution in [0.5, 0.6) is 0 Å². The lowest BCUT2D eigenvalue weighted by molar-refractivity contribution is -0.118. The molecule has 3 heteroatoms. The Morgan fingerprint density at radius 2 is 1.57 bits per heavy atom. The molecule has 2 aromatic carbocycles. The average molecular weight is 317 g/mol. The van der Waals surface area contributed by atoms with Gasteiger partial charge in [0, 0.05) is 16.1 Å². The number of carbonyl (C=O) groups excluding carboxylic acids is 1. The van der Waals surface area contributed by atoms with E-state index in [0.29, 0.717) is 0 Å². The lowest BCUT2D eigenvalue weighted by Crippen LogP contribution is -2.49. The quantitative estimate of drug-likeness (QED) is 0.496. The lowest BCUT2D eigenvalue weighted by atomic mass is 9.87. The first-order valence-electron chi connectivity index (χ1n) is 7.53. The number of β-lactam (4-membered cyclic amide) rings is 1. The molecule has 4 rings (SSSR count). The maximum Gasteiger partial charge on any atom is 0.257 e. The van der Waals surface area contributed by atoms with Crippen molar-refractivity contribution in [2.75, 3.05) is 4.90 Å². The summed E-state index contributed by atoms with van der Waals surface area (Å²) in [6.45, 7) is 0. The van der Waals surface area contributed by atoms with Crippen LogP contribution in [-0.4, -0.2) is 5.91 Å². The fourth-order valence-corrected chi connectivity index (χ4v) is 3.60. The first-order valence-corrected chi connectivity index (χ1v) is 8.41. The van der Waals surface area contributed by atoms with Gasteiger partial charge in [0.2, 0.25) is 0 Å². The summed E-state index contributed by atoms with van der Waals surface area (Å²) in [5, 5.41) is 2.03. The second-order valence-corrected chi connectivity index (χ2v) is 6.42. The Morgan fingerprint density at radius 3 is 2.22 bits per heavy atom. The van der Waals surface area contributed by atoms with Gasteiger partial charge in [-0.15, -0.1) is 11.3 Å². The van der Waals surface area contributed by atoms with E-state index in [9.17, 15) is 4.79 Å². The van der Waals surface area contributed by atoms with Crippen LogP contribution in [0.4, 0.5) is 5.69 Å². The molecule has 1 saturated heterocycles. The third-order valence-corrected chi connectivity index (χ3v) is 4.83. The predicted octanol–water partition coefficient (Wildman–Crippen LogP) is 4.92. The molecule has 0 saturated carbocycles. The number of amides is 1. The summed E-state index contributed by atoms with van der Waals surface area (Å²) in [4.78, 5) is 15.7. The number of hydrogen-bond acceptors (Lipinski definition) is 2. The fraction of sp³-hybridized carbons (Fsp3) is 0.0500. The van der Waals surface area contributed by atoms with Crippen LogP contribution in [0.1, 0.15) is 16.5 Å². The van der Waals surface area contributed by atoms with Crippen LogP contribution < -0.4 is 4.90 Å². The van der Waals surface area contributed by atoms with Gasteiger partial charge in [-0.1, -0.05) is 54.6 Å². The highest BCUT2D eigenvalue weighted by atomic mass is 32.1. The van der Waals surface area contributed by atoms with Crippen LogP contribution in [-0.2, 0) is 4.79 Å². The molecule has 1 aromatic heterocycles. The molecule has 2 nitrogen and oxygen atoms in total. The van der Waals surface area contributed by atoms with Crippen LogP contribution in [0.25, 0.3) is 6.08 Å². The Balaban J connectivity index is 1.78. The molecule has 1 amide bonds. The minimum atomic E-state index is -0.0202. The first kappa shape index (κ1) is 14.0. The monoisotopic (exact) mass is 317 g/mol. The summed E-state index contributed by atoms with van der Waals surface area (Å²) >= 11 is 1.65. The van der Waals surface area contributed by atoms with Crippen LogP contribution in [0.15, 0.2) is 83.7 Å². The standard InChI is InChI=1S/C20H15NOS/c22-20-18(14-17-12-7-13-23-17)19(15-8-3-1-4-9-15)21(20)16-10-5-2-6-11-16/h1-14,19H/b18-14-. The fourth-order valence-electron chi connectivity index (χ4n) is 2.93. The van der Waals surface area contributed by atoms with E-state index in [1.54, 1.807) is 11.3 Å². The van der Waals surface area contributed by atoms with Crippen molar-refractivity contribution in [2.45, 2.75) is 6.04 Å². The van der Waals surface area contributed by atoms with Gasteiger partial charge in [0.05, 0.1) is 6.04 Å². The molecule has 1 aliphatic rings. The molecule has 0 bridgehead atoms. The minimum Gasteiger partial charge on any atom is -0.297 e. The van der Waals surface area contributed by atoms with E-state index >= 15 is 0 Å². The average Bonchev–Trinajstić information content (AvgIpc) is 3.12. The van der Waals surface area contributed by atoms with Crippen LogP contribution in [0.2, 0.25) is 0 Å². The van der Waals surface area contributed by atoms with Gasteiger partial charge in [0.1, 0.15) is 0 Å². The number of carbonyl (C=O) groups is 1. The van der Waals surface area contributed by atoms with Crippen molar-refractivity contribution >= 4 is 29.0 Å². The number of hydrogen-bond donors (Lipinski definition) is 0. The van der Waals surface area contributed by atoms with Gasteiger partial charge in [-0.2, -0.15) is 0 Å². The van der Waals surface area contributed by atoms with Gasteiger partial charge in [0.15, 0.2) is 0 Å². The van der Waals surface area contributed by atoms with Crippen LogP contribution in [0, 0.1) is 0 Å². The Labute approximate surface area is 139 Å². The zero-order valence-corrected chi connectivity index (χ0v) is 13.2. The maximum absolute atomic E-state index is 12.7. The maximum atomic E-state index is 12.7. The van der Waals surface area contributed by atoms with Gasteiger partial charge in [-0.05, 0) is 35.2 Å². The number of thiophene rings is 1. The Bertz CT molecular complexity index is 838. The summed E-state index contributed by atoms with van der Waals surface area (Å²) in [5.74, 6) is 0.0819. The number of anilines is 1. The Hall–Kier alpha value is -2.65. The van der Waals surface area contributed by atoms with E-state index in [0.717, 1.165) is 21.7 Å². The molecule has 0 N–H and O–H groups in total. The molecule has 1 fully saturated rings. The van der Waals surface area contributed by atoms with Crippen molar-refractivity contribution < 1.29 is 4.79 Å². The van der Waals surface area contributed by atoms with Gasteiger partial charge in [-0.25, -0.2) is 0 Å². The molecule has 0 spiro atoms. The molecule has 0 aliphatic carbocycles. The molecule has 112 valence electrons. The highest BCUT2D eigenvalue weighted by Crippen LogP contribution is 2.43. The van der Waals surface area contributed by atoms with E-state index in [2.05, 4.69) is 12.1 Å². The zero-order valence-electron chi connectivity index (χ0n) is 12.4. The van der Waals surface area contributed by atoms with Crippen molar-refractivity contribution in [2.24, 2.45) is 0 Å². The second kappa shape index (κ2) is 5.86. The van der Waals surface area contributed by atoms with Crippen molar-refractivity contribution in [3.05, 3.63) is 94.2 Å². The van der Waals surface area contributed by atoms with E-state index in [1.165, 1.54) is 0 Å². The van der Waals surface area contributed by atoms with Crippen molar-refractivity contribution in [1.29, 1.82) is 0 Å². The van der Waals surface area contributed by atoms with E-state index < -0.39 is 0 Å². The molecule has 1 unspecified atom stereocenters. The van der Waals surface area contributed by atoms with Crippen molar-refractivity contribution in [3.8, 4) is 0 Å². The highest BCUT2D eigenvalue weighted by Gasteiger charge is 2.43. The zero-order chi connectivity index (χ0) is 15.6. The Kier molecular flexibility index (Phi) is 3.56. The summed E-state index contributed by atoms with van der Waals surface area (Å²) in [6, 6.07) is 24.1. The third-order valence-electron chi connectivity index (χ3n) is 4.01. The van der Waals surface area contributed by atoms with Crippen LogP contribution in [0.3, 0.4) is 0 Å². The lowest BCUT2D eigenvalue weighted by Gasteiger charge is -2.43. The van der Waals surface area contributed by atoms with Gasteiger partial charge >= 0.3 is 0 Å². The van der Waals surface area contributed by atoms with E-state index in [-0.39, 0.29) is 11.9 Å². The largest absolute Gasteiger partial charge is 0.297 e. The predicted molar refractivity (Wildman–Crippen MR) is 95.4 cm³/mol. The molecule has 0 radical (unpaired) electrons. The molecule has 1 aliphatic heterocycles. The van der Waals surface area contributed by atoms with E-state index in [1.807, 2.05) is 77.0 Å². The van der Waals surface area contributed by atoms with Gasteiger partial charge in [0.25, 0.3) is 5.91 Å². The number of rotatable bonds is 3. The van der Waals surface area contributed by atoms with Crippen molar-refractivity contribution in [1.82, 2.24) is 0 Å². The normalized spacial score (nSPS) is 19.0. The smallest absolute Gasteiger partial charge is 0.257 e. The van der Waals surface area contributed by atoms with Gasteiger partial charge in [-0.3, -0.25) is 9.69 Å². The number of para-hydroxylation sites is 1. The molecule has 1 atom stereocenters. The molecule has 2 heterocycles. The van der Waals surface area contributed by atoms with Gasteiger partial charge < -0.3 is 0 Å². The summed E-state index contributed by atoms with van der Waals surface area (Å²) in [7, 11) is 0. The summed E-state index contributed by atoms with van der Waals surface area (Å²) in [6.07, 6.45) is 2.02. The molecular weight excluding hydrogens is 302 g/mol. The summed E-state index contributed by atoms with van der Waals surface area (Å²) < 4.78 is 0. The molecule has 23 heavy (non-hydrogen) atoms. The third kappa shape index (κ3) is 2.49. The van der Waals surface area contributed by atoms with E-state index in [4.69, 9.17) is 0 Å². The summed E-state index contributed by atoms with van der Waals surface area (Å²) in [5.41, 5.74) is 2.93. The molecule has 3 aromatic rings. The second-order valence-electron chi connectivity index (χ2n) is 5.44. The van der Waals surface area contributed by atoms with Crippen molar-refractivity contribution in [3.63, 3.8) is 0 Å². The minimum absolute atomic E-state index is 0.0202. The van der Waals surface area contributed by atoms with Crippen LogP contribution >= 0.6 is 11.3 Å².